The summed E-state index contributed by atoms with van der Waals surface area (Å²) in [5.74, 6) is 0.992. The van der Waals surface area contributed by atoms with Gasteiger partial charge in [0.25, 0.3) is 0 Å². The predicted octanol–water partition coefficient (Wildman–Crippen LogP) is 0.506. The molecule has 13 heavy (non-hydrogen) atoms. The molecule has 5 nitrogen and oxygen atoms in total. The van der Waals surface area contributed by atoms with Crippen molar-refractivity contribution in [2.24, 2.45) is 0 Å². The molecule has 1 unspecified atom stereocenters. The maximum absolute atomic E-state index is 5.40. The molecule has 0 aliphatic heterocycles. The van der Waals surface area contributed by atoms with Crippen molar-refractivity contribution in [3.05, 3.63) is 12.3 Å². The first-order valence-electron chi connectivity index (χ1n) is 4.07. The summed E-state index contributed by atoms with van der Waals surface area (Å²) in [6.07, 6.45) is 1.76. The lowest BCUT2D eigenvalue weighted by Crippen LogP contribution is -2.18. The van der Waals surface area contributed by atoms with Gasteiger partial charge in [-0.05, 0) is 13.0 Å². The maximum atomic E-state index is 5.40. The fourth-order valence-corrected chi connectivity index (χ4v) is 0.804. The summed E-state index contributed by atoms with van der Waals surface area (Å²) in [6.45, 7) is 2.67. The third-order valence-corrected chi connectivity index (χ3v) is 1.65. The fraction of sp³-hybridized carbons (Fsp3) is 0.500. The van der Waals surface area contributed by atoms with E-state index in [0.717, 1.165) is 5.82 Å². The lowest BCUT2D eigenvalue weighted by molar-refractivity contribution is 0.128. The van der Waals surface area contributed by atoms with Crippen LogP contribution in [0.25, 0.3) is 0 Å². The van der Waals surface area contributed by atoms with Crippen LogP contribution in [0.1, 0.15) is 6.92 Å². The van der Waals surface area contributed by atoms with Gasteiger partial charge in [-0.2, -0.15) is 4.98 Å². The van der Waals surface area contributed by atoms with Crippen LogP contribution in [0.5, 0.6) is 0 Å². The molecule has 0 fully saturated rings. The van der Waals surface area contributed by atoms with Crippen LogP contribution >= 0.6 is 0 Å². The second-order valence-corrected chi connectivity index (χ2v) is 2.73. The zero-order chi connectivity index (χ0) is 9.68. The standard InChI is InChI=1S/C8H14N4O/c1-6(13-2)5-11-7-3-4-10-8(9)12-7/h3-4,6H,5H2,1-2H3,(H3,9,10,11,12). The summed E-state index contributed by atoms with van der Waals surface area (Å²) < 4.78 is 5.06. The quantitative estimate of drug-likeness (QED) is 0.709. The smallest absolute Gasteiger partial charge is 0.221 e. The lowest BCUT2D eigenvalue weighted by Gasteiger charge is -2.10. The number of nitrogen functional groups attached to an aromatic ring is 1. The van der Waals surface area contributed by atoms with Gasteiger partial charge in [-0.3, -0.25) is 0 Å². The van der Waals surface area contributed by atoms with Crippen molar-refractivity contribution in [2.45, 2.75) is 13.0 Å². The molecule has 1 aromatic rings. The normalized spacial score (nSPS) is 12.5. The molecular formula is C8H14N4O. The highest BCUT2D eigenvalue weighted by molar-refractivity contribution is 5.37. The molecule has 0 aliphatic carbocycles. The van der Waals surface area contributed by atoms with Crippen LogP contribution in [-0.2, 0) is 4.74 Å². The van der Waals surface area contributed by atoms with Gasteiger partial charge in [0, 0.05) is 19.9 Å². The molecule has 0 aliphatic rings. The number of nitrogens with one attached hydrogen (secondary N) is 1. The van der Waals surface area contributed by atoms with Gasteiger partial charge in [-0.1, -0.05) is 0 Å². The van der Waals surface area contributed by atoms with Gasteiger partial charge in [-0.15, -0.1) is 0 Å². The van der Waals surface area contributed by atoms with Gasteiger partial charge in [0.15, 0.2) is 0 Å². The third kappa shape index (κ3) is 3.25. The van der Waals surface area contributed by atoms with E-state index >= 15 is 0 Å². The highest BCUT2D eigenvalue weighted by Gasteiger charge is 1.99. The Labute approximate surface area is 77.3 Å². The summed E-state index contributed by atoms with van der Waals surface area (Å²) in [4.78, 5) is 7.76. The minimum atomic E-state index is 0.149. The van der Waals surface area contributed by atoms with Gasteiger partial charge < -0.3 is 15.8 Å². The van der Waals surface area contributed by atoms with Crippen molar-refractivity contribution in [3.63, 3.8) is 0 Å². The largest absolute Gasteiger partial charge is 0.380 e. The summed E-state index contributed by atoms with van der Waals surface area (Å²) in [5, 5.41) is 3.08. The van der Waals surface area contributed by atoms with Crippen LogP contribution in [0.2, 0.25) is 0 Å². The molecule has 0 saturated carbocycles. The van der Waals surface area contributed by atoms with E-state index in [2.05, 4.69) is 15.3 Å². The van der Waals surface area contributed by atoms with Crippen molar-refractivity contribution >= 4 is 11.8 Å². The van der Waals surface area contributed by atoms with Crippen LogP contribution in [0.15, 0.2) is 12.3 Å². The van der Waals surface area contributed by atoms with E-state index in [4.69, 9.17) is 10.5 Å². The Morgan fingerprint density at radius 1 is 1.69 bits per heavy atom. The average molecular weight is 182 g/mol. The van der Waals surface area contributed by atoms with Crippen LogP contribution in [-0.4, -0.2) is 29.7 Å². The monoisotopic (exact) mass is 182 g/mol. The molecule has 0 radical (unpaired) electrons. The maximum Gasteiger partial charge on any atom is 0.221 e. The summed E-state index contributed by atoms with van der Waals surface area (Å²) in [6, 6.07) is 1.76. The number of aromatic nitrogens is 2. The Morgan fingerprint density at radius 3 is 3.08 bits per heavy atom. The first kappa shape index (κ1) is 9.73. The van der Waals surface area contributed by atoms with Crippen molar-refractivity contribution in [1.82, 2.24) is 9.97 Å². The van der Waals surface area contributed by atoms with Gasteiger partial charge in [0.2, 0.25) is 5.95 Å². The Kier molecular flexibility index (Phi) is 3.45. The molecule has 0 saturated heterocycles. The summed E-state index contributed by atoms with van der Waals surface area (Å²) in [7, 11) is 1.67. The Balaban J connectivity index is 2.45. The Hall–Kier alpha value is -1.36. The number of ether oxygens (including phenoxy) is 1. The molecule has 1 aromatic heterocycles. The predicted molar refractivity (Wildman–Crippen MR) is 51.4 cm³/mol. The first-order chi connectivity index (χ1) is 6.22. The SMILES string of the molecule is COC(C)CNc1ccnc(N)n1. The van der Waals surface area contributed by atoms with Crippen LogP contribution in [0, 0.1) is 0 Å². The molecule has 3 N–H and O–H groups in total. The first-order valence-corrected chi connectivity index (χ1v) is 4.07. The van der Waals surface area contributed by atoms with Gasteiger partial charge in [0.05, 0.1) is 6.10 Å². The van der Waals surface area contributed by atoms with E-state index < -0.39 is 0 Å². The number of hydrogen-bond acceptors (Lipinski definition) is 5. The molecule has 0 bridgehead atoms. The van der Waals surface area contributed by atoms with Crippen LogP contribution < -0.4 is 11.1 Å². The number of hydrogen-bond donors (Lipinski definition) is 2. The topological polar surface area (TPSA) is 73.1 Å². The second kappa shape index (κ2) is 4.61. The van der Waals surface area contributed by atoms with Crippen LogP contribution in [0.3, 0.4) is 0 Å². The van der Waals surface area contributed by atoms with E-state index in [1.165, 1.54) is 0 Å². The number of methoxy groups -OCH3 is 1. The van der Waals surface area contributed by atoms with E-state index in [0.29, 0.717) is 6.54 Å². The summed E-state index contributed by atoms with van der Waals surface area (Å²) >= 11 is 0. The van der Waals surface area contributed by atoms with Gasteiger partial charge in [-0.25, -0.2) is 4.98 Å². The molecule has 0 aromatic carbocycles. The minimum absolute atomic E-state index is 0.149. The van der Waals surface area contributed by atoms with Crippen molar-refractivity contribution in [2.75, 3.05) is 24.7 Å². The number of nitrogens with two attached hydrogens (primary N) is 1. The highest BCUT2D eigenvalue weighted by Crippen LogP contribution is 2.02. The molecule has 0 spiro atoms. The van der Waals surface area contributed by atoms with Gasteiger partial charge >= 0.3 is 0 Å². The molecular weight excluding hydrogens is 168 g/mol. The van der Waals surface area contributed by atoms with Crippen molar-refractivity contribution < 1.29 is 4.74 Å². The van der Waals surface area contributed by atoms with Crippen molar-refractivity contribution in [1.29, 1.82) is 0 Å². The third-order valence-electron chi connectivity index (χ3n) is 1.65. The summed E-state index contributed by atoms with van der Waals surface area (Å²) in [5.41, 5.74) is 5.40. The average Bonchev–Trinajstić information content (AvgIpc) is 2.14. The lowest BCUT2D eigenvalue weighted by atomic mass is 10.4. The molecule has 5 heteroatoms. The van der Waals surface area contributed by atoms with E-state index in [1.807, 2.05) is 6.92 Å². The molecule has 1 rings (SSSR count). The Morgan fingerprint density at radius 2 is 2.46 bits per heavy atom. The zero-order valence-corrected chi connectivity index (χ0v) is 7.82. The molecule has 0 amide bonds. The molecule has 72 valence electrons. The number of rotatable bonds is 4. The molecule has 1 heterocycles. The van der Waals surface area contributed by atoms with Crippen LogP contribution in [0.4, 0.5) is 11.8 Å². The second-order valence-electron chi connectivity index (χ2n) is 2.73. The fourth-order valence-electron chi connectivity index (χ4n) is 0.804. The zero-order valence-electron chi connectivity index (χ0n) is 7.82. The van der Waals surface area contributed by atoms with E-state index in [9.17, 15) is 0 Å². The highest BCUT2D eigenvalue weighted by atomic mass is 16.5. The van der Waals surface area contributed by atoms with Crippen molar-refractivity contribution in [3.8, 4) is 0 Å². The number of nitrogens with zero attached hydrogens (tertiary/aromatic N) is 2. The van der Waals surface area contributed by atoms with E-state index in [-0.39, 0.29) is 12.1 Å². The minimum Gasteiger partial charge on any atom is -0.380 e. The Bertz CT molecular complexity index is 266. The number of anilines is 2. The molecule has 1 atom stereocenters. The van der Waals surface area contributed by atoms with Gasteiger partial charge in [0.1, 0.15) is 5.82 Å². The van der Waals surface area contributed by atoms with E-state index in [1.54, 1.807) is 19.4 Å².